The number of ether oxygens (including phenoxy) is 1. The third kappa shape index (κ3) is 4.62. The van der Waals surface area contributed by atoms with Crippen LogP contribution in [-0.4, -0.2) is 44.4 Å². The van der Waals surface area contributed by atoms with E-state index in [1.165, 1.54) is 11.3 Å². The summed E-state index contributed by atoms with van der Waals surface area (Å²) in [6.07, 6.45) is 3.07. The van der Waals surface area contributed by atoms with E-state index in [9.17, 15) is 18.0 Å². The number of benzene rings is 1. The molecule has 29 heavy (non-hydrogen) atoms. The second kappa shape index (κ2) is 8.16. The lowest BCUT2D eigenvalue weighted by atomic mass is 10.1. The largest absolute Gasteiger partial charge is 0.484 e. The van der Waals surface area contributed by atoms with E-state index in [-0.39, 0.29) is 36.0 Å². The molecule has 1 fully saturated rings. The molecule has 2 N–H and O–H groups in total. The average molecular weight is 435 g/mol. The molecule has 2 aliphatic rings. The highest BCUT2D eigenvalue weighted by atomic mass is 32.2. The lowest BCUT2D eigenvalue weighted by Crippen LogP contribution is -2.36. The number of carbonyl (C=O) groups is 2. The summed E-state index contributed by atoms with van der Waals surface area (Å²) < 4.78 is 28.8. The van der Waals surface area contributed by atoms with E-state index < -0.39 is 9.84 Å². The number of hydrogen-bond donors (Lipinski definition) is 2. The van der Waals surface area contributed by atoms with Crippen LogP contribution in [0.2, 0.25) is 0 Å². The van der Waals surface area contributed by atoms with Gasteiger partial charge in [-0.25, -0.2) is 8.42 Å². The molecule has 2 heterocycles. The van der Waals surface area contributed by atoms with Crippen molar-refractivity contribution in [2.75, 3.05) is 23.4 Å². The van der Waals surface area contributed by atoms with Crippen molar-refractivity contribution < 1.29 is 22.7 Å². The molecular weight excluding hydrogens is 412 g/mol. The van der Waals surface area contributed by atoms with Crippen LogP contribution in [0.5, 0.6) is 5.75 Å². The minimum Gasteiger partial charge on any atom is -0.484 e. The number of amides is 2. The number of carbonyl (C=O) groups excluding carboxylic acids is 2. The fraction of sp³-hybridized carbons (Fsp3) is 0.400. The van der Waals surface area contributed by atoms with Gasteiger partial charge in [0.1, 0.15) is 10.8 Å². The summed E-state index contributed by atoms with van der Waals surface area (Å²) in [5.41, 5.74) is 1.44. The van der Waals surface area contributed by atoms with E-state index in [1.54, 1.807) is 12.1 Å². The first-order valence-electron chi connectivity index (χ1n) is 9.55. The highest BCUT2D eigenvalue weighted by Crippen LogP contribution is 2.39. The zero-order valence-electron chi connectivity index (χ0n) is 15.8. The molecule has 9 heteroatoms. The summed E-state index contributed by atoms with van der Waals surface area (Å²) in [6.45, 7) is -0.158. The predicted octanol–water partition coefficient (Wildman–Crippen LogP) is 2.17. The van der Waals surface area contributed by atoms with Crippen LogP contribution >= 0.6 is 11.3 Å². The van der Waals surface area contributed by atoms with Gasteiger partial charge in [-0.3, -0.25) is 9.59 Å². The zero-order valence-corrected chi connectivity index (χ0v) is 17.4. The molecule has 1 aromatic carbocycles. The van der Waals surface area contributed by atoms with Crippen LogP contribution in [0, 0.1) is 0 Å². The van der Waals surface area contributed by atoms with Gasteiger partial charge in [-0.2, -0.15) is 0 Å². The van der Waals surface area contributed by atoms with Gasteiger partial charge in [0.25, 0.3) is 11.8 Å². The maximum Gasteiger partial charge on any atom is 0.262 e. The van der Waals surface area contributed by atoms with Crippen molar-refractivity contribution in [1.82, 2.24) is 5.32 Å². The number of thiophene rings is 1. The molecule has 1 saturated heterocycles. The highest BCUT2D eigenvalue weighted by molar-refractivity contribution is 7.91. The standard InChI is InChI=1S/C20H22N2O5S2/c23-17(11-27-14-5-2-1-3-6-14)22-20-18(15-7-4-8-16(15)28-20)19(24)21-13-9-10-29(25,26)12-13/h1-3,5-6,13H,4,7-12H2,(H,21,24)(H,22,23)/t13-/m0/s1. The van der Waals surface area contributed by atoms with Crippen LogP contribution in [0.15, 0.2) is 30.3 Å². The van der Waals surface area contributed by atoms with Gasteiger partial charge in [0.15, 0.2) is 16.4 Å². The van der Waals surface area contributed by atoms with E-state index in [0.717, 1.165) is 29.7 Å². The third-order valence-corrected chi connectivity index (χ3v) is 8.06. The number of aryl methyl sites for hydroxylation is 1. The maximum atomic E-state index is 12.9. The Bertz CT molecular complexity index is 1030. The number of hydrogen-bond acceptors (Lipinski definition) is 6. The van der Waals surface area contributed by atoms with Gasteiger partial charge in [-0.1, -0.05) is 18.2 Å². The van der Waals surface area contributed by atoms with Crippen LogP contribution in [0.1, 0.15) is 33.6 Å². The average Bonchev–Trinajstić information content (AvgIpc) is 3.35. The smallest absolute Gasteiger partial charge is 0.262 e. The minimum atomic E-state index is -3.08. The van der Waals surface area contributed by atoms with Gasteiger partial charge in [0, 0.05) is 10.9 Å². The molecule has 1 atom stereocenters. The number of fused-ring (bicyclic) bond motifs is 1. The van der Waals surface area contributed by atoms with Gasteiger partial charge in [-0.05, 0) is 43.4 Å². The Hall–Kier alpha value is -2.39. The molecule has 1 aliphatic heterocycles. The molecular formula is C20H22N2O5S2. The summed E-state index contributed by atoms with van der Waals surface area (Å²) in [4.78, 5) is 26.4. The van der Waals surface area contributed by atoms with Crippen LogP contribution in [-0.2, 0) is 27.5 Å². The summed E-state index contributed by atoms with van der Waals surface area (Å²) in [5, 5.41) is 6.16. The zero-order chi connectivity index (χ0) is 20.4. The van der Waals surface area contributed by atoms with Gasteiger partial charge in [-0.15, -0.1) is 11.3 Å². The Morgan fingerprint density at radius 1 is 1.17 bits per heavy atom. The number of para-hydroxylation sites is 1. The Labute approximate surface area is 173 Å². The van der Waals surface area contributed by atoms with Gasteiger partial charge in [0.2, 0.25) is 0 Å². The van der Waals surface area contributed by atoms with Crippen LogP contribution in [0.4, 0.5) is 5.00 Å². The van der Waals surface area contributed by atoms with Crippen molar-refractivity contribution in [2.24, 2.45) is 0 Å². The number of nitrogens with one attached hydrogen (secondary N) is 2. The molecule has 4 rings (SSSR count). The van der Waals surface area contributed by atoms with E-state index in [4.69, 9.17) is 4.74 Å². The second-order valence-electron chi connectivity index (χ2n) is 7.28. The first kappa shape index (κ1) is 19.9. The van der Waals surface area contributed by atoms with E-state index in [1.807, 2.05) is 18.2 Å². The molecule has 7 nitrogen and oxygen atoms in total. The van der Waals surface area contributed by atoms with Gasteiger partial charge >= 0.3 is 0 Å². The SMILES string of the molecule is O=C(COc1ccccc1)Nc1sc2c(c1C(=O)N[C@H]1CCS(=O)(=O)C1)CCC2. The summed E-state index contributed by atoms with van der Waals surface area (Å²) >= 11 is 1.42. The van der Waals surface area contributed by atoms with Crippen molar-refractivity contribution >= 4 is 38.0 Å². The van der Waals surface area contributed by atoms with Crippen LogP contribution in [0.25, 0.3) is 0 Å². The lowest BCUT2D eigenvalue weighted by Gasteiger charge is -2.13. The molecule has 1 aromatic heterocycles. The molecule has 2 amide bonds. The quantitative estimate of drug-likeness (QED) is 0.726. The summed E-state index contributed by atoms with van der Waals surface area (Å²) in [5.74, 6) is 0.00593. The monoisotopic (exact) mass is 434 g/mol. The van der Waals surface area contributed by atoms with Crippen molar-refractivity contribution in [2.45, 2.75) is 31.7 Å². The van der Waals surface area contributed by atoms with Crippen LogP contribution < -0.4 is 15.4 Å². The van der Waals surface area contributed by atoms with Crippen molar-refractivity contribution in [3.05, 3.63) is 46.3 Å². The topological polar surface area (TPSA) is 102 Å². The van der Waals surface area contributed by atoms with Gasteiger partial charge < -0.3 is 15.4 Å². The fourth-order valence-corrected chi connectivity index (χ4v) is 6.70. The van der Waals surface area contributed by atoms with E-state index in [0.29, 0.717) is 22.7 Å². The fourth-order valence-electron chi connectivity index (χ4n) is 3.73. The predicted molar refractivity (Wildman–Crippen MR) is 111 cm³/mol. The molecule has 0 spiro atoms. The summed E-state index contributed by atoms with van der Waals surface area (Å²) in [6, 6.07) is 8.66. The normalized spacial score (nSPS) is 19.5. The maximum absolute atomic E-state index is 12.9. The third-order valence-electron chi connectivity index (χ3n) is 5.08. The summed E-state index contributed by atoms with van der Waals surface area (Å²) in [7, 11) is -3.08. The Kier molecular flexibility index (Phi) is 5.60. The Balaban J connectivity index is 1.46. The van der Waals surface area contributed by atoms with Crippen molar-refractivity contribution in [3.8, 4) is 5.75 Å². The van der Waals surface area contributed by atoms with Crippen LogP contribution in [0.3, 0.4) is 0 Å². The lowest BCUT2D eigenvalue weighted by molar-refractivity contribution is -0.118. The second-order valence-corrected chi connectivity index (χ2v) is 10.6. The molecule has 0 radical (unpaired) electrons. The minimum absolute atomic E-state index is 0.0301. The van der Waals surface area contributed by atoms with Crippen molar-refractivity contribution in [1.29, 1.82) is 0 Å². The molecule has 0 unspecified atom stereocenters. The van der Waals surface area contributed by atoms with Gasteiger partial charge in [0.05, 0.1) is 17.1 Å². The highest BCUT2D eigenvalue weighted by Gasteiger charge is 2.32. The molecule has 0 saturated carbocycles. The molecule has 1 aliphatic carbocycles. The first-order chi connectivity index (χ1) is 13.9. The van der Waals surface area contributed by atoms with Crippen molar-refractivity contribution in [3.63, 3.8) is 0 Å². The van der Waals surface area contributed by atoms with E-state index in [2.05, 4.69) is 10.6 Å². The number of anilines is 1. The van der Waals surface area contributed by atoms with E-state index >= 15 is 0 Å². The number of sulfone groups is 1. The first-order valence-corrected chi connectivity index (χ1v) is 12.2. The molecule has 2 aromatic rings. The number of rotatable bonds is 6. The Morgan fingerprint density at radius 3 is 2.69 bits per heavy atom. The molecule has 154 valence electrons. The Morgan fingerprint density at radius 2 is 1.97 bits per heavy atom. The molecule has 0 bridgehead atoms.